The molecule has 130 valence electrons. The lowest BCUT2D eigenvalue weighted by atomic mass is 9.98. The highest BCUT2D eigenvalue weighted by Gasteiger charge is 2.10. The van der Waals surface area contributed by atoms with Crippen molar-refractivity contribution in [2.75, 3.05) is 20.7 Å². The van der Waals surface area contributed by atoms with E-state index in [-0.39, 0.29) is 6.04 Å². The zero-order valence-electron chi connectivity index (χ0n) is 14.9. The first-order valence-electron chi connectivity index (χ1n) is 8.28. The van der Waals surface area contributed by atoms with Gasteiger partial charge in [-0.15, -0.1) is 11.3 Å². The van der Waals surface area contributed by atoms with E-state index in [1.807, 2.05) is 19.2 Å². The summed E-state index contributed by atoms with van der Waals surface area (Å²) in [5.74, 6) is 2.23. The van der Waals surface area contributed by atoms with E-state index in [9.17, 15) is 0 Å². The van der Waals surface area contributed by atoms with E-state index in [1.54, 1.807) is 18.4 Å². The first-order chi connectivity index (χ1) is 11.6. The number of rotatable bonds is 7. The van der Waals surface area contributed by atoms with Crippen LogP contribution in [-0.2, 0) is 0 Å². The molecule has 0 saturated carbocycles. The third-order valence-electron chi connectivity index (χ3n) is 4.10. The number of ether oxygens (including phenoxy) is 1. The Morgan fingerprint density at radius 3 is 2.54 bits per heavy atom. The normalized spacial score (nSPS) is 14.1. The molecule has 1 aromatic heterocycles. The van der Waals surface area contributed by atoms with Crippen molar-refractivity contribution in [3.8, 4) is 5.75 Å². The van der Waals surface area contributed by atoms with Gasteiger partial charge in [0.25, 0.3) is 0 Å². The van der Waals surface area contributed by atoms with E-state index in [4.69, 9.17) is 4.74 Å². The number of thiophene rings is 1. The number of nitrogens with one attached hydrogen (secondary N) is 2. The first kappa shape index (κ1) is 18.3. The molecule has 0 radical (unpaired) electrons. The summed E-state index contributed by atoms with van der Waals surface area (Å²) >= 11 is 1.76. The van der Waals surface area contributed by atoms with E-state index in [2.05, 4.69) is 59.1 Å². The van der Waals surface area contributed by atoms with Gasteiger partial charge in [0.2, 0.25) is 0 Å². The van der Waals surface area contributed by atoms with Gasteiger partial charge >= 0.3 is 0 Å². The molecule has 0 fully saturated rings. The van der Waals surface area contributed by atoms with E-state index in [0.29, 0.717) is 5.92 Å². The van der Waals surface area contributed by atoms with Crippen LogP contribution in [0.5, 0.6) is 5.75 Å². The molecule has 4 nitrogen and oxygen atoms in total. The molecule has 1 aromatic carbocycles. The molecular weight excluding hydrogens is 318 g/mol. The molecule has 0 amide bonds. The van der Waals surface area contributed by atoms with Crippen LogP contribution >= 0.6 is 11.3 Å². The molecule has 2 rings (SSSR count). The average Bonchev–Trinajstić information content (AvgIpc) is 3.15. The number of hydrogen-bond acceptors (Lipinski definition) is 3. The fourth-order valence-electron chi connectivity index (χ4n) is 2.51. The van der Waals surface area contributed by atoms with E-state index in [0.717, 1.165) is 24.7 Å². The van der Waals surface area contributed by atoms with Gasteiger partial charge in [0.05, 0.1) is 13.2 Å². The lowest BCUT2D eigenvalue weighted by Crippen LogP contribution is -2.39. The fraction of sp³-hybridized carbons (Fsp3) is 0.421. The lowest BCUT2D eigenvalue weighted by Gasteiger charge is -2.18. The van der Waals surface area contributed by atoms with Gasteiger partial charge in [-0.2, -0.15) is 0 Å². The molecule has 0 bridgehead atoms. The summed E-state index contributed by atoms with van der Waals surface area (Å²) in [7, 11) is 3.50. The number of guanidine groups is 1. The van der Waals surface area contributed by atoms with Crippen LogP contribution in [0.2, 0.25) is 0 Å². The van der Waals surface area contributed by atoms with E-state index < -0.39 is 0 Å². The summed E-state index contributed by atoms with van der Waals surface area (Å²) < 4.78 is 5.21. The van der Waals surface area contributed by atoms with Crippen molar-refractivity contribution >= 4 is 17.3 Å². The second-order valence-corrected chi connectivity index (χ2v) is 6.82. The van der Waals surface area contributed by atoms with Crippen molar-refractivity contribution in [2.45, 2.75) is 32.2 Å². The van der Waals surface area contributed by atoms with Gasteiger partial charge in [-0.3, -0.25) is 4.99 Å². The topological polar surface area (TPSA) is 45.7 Å². The Kier molecular flexibility index (Phi) is 7.12. The van der Waals surface area contributed by atoms with Crippen LogP contribution in [0.3, 0.4) is 0 Å². The van der Waals surface area contributed by atoms with Gasteiger partial charge in [-0.1, -0.05) is 25.1 Å². The molecule has 2 aromatic rings. The Morgan fingerprint density at radius 2 is 1.96 bits per heavy atom. The zero-order chi connectivity index (χ0) is 17.4. The smallest absolute Gasteiger partial charge is 0.191 e. The predicted octanol–water partition coefficient (Wildman–Crippen LogP) is 4.18. The molecule has 0 saturated heterocycles. The summed E-state index contributed by atoms with van der Waals surface area (Å²) in [6, 6.07) is 12.8. The lowest BCUT2D eigenvalue weighted by molar-refractivity contribution is 0.414. The van der Waals surface area contributed by atoms with Crippen LogP contribution in [-0.4, -0.2) is 26.7 Å². The van der Waals surface area contributed by atoms with Gasteiger partial charge in [0.1, 0.15) is 5.75 Å². The molecule has 1 heterocycles. The average molecular weight is 346 g/mol. The van der Waals surface area contributed by atoms with Gasteiger partial charge in [0.15, 0.2) is 5.96 Å². The Hall–Kier alpha value is -2.01. The maximum Gasteiger partial charge on any atom is 0.191 e. The number of methoxy groups -OCH3 is 1. The summed E-state index contributed by atoms with van der Waals surface area (Å²) in [5.41, 5.74) is 1.33. The molecule has 2 N–H and O–H groups in total. The monoisotopic (exact) mass is 345 g/mol. The van der Waals surface area contributed by atoms with Gasteiger partial charge in [-0.05, 0) is 48.4 Å². The summed E-state index contributed by atoms with van der Waals surface area (Å²) in [5, 5.41) is 8.93. The third-order valence-corrected chi connectivity index (χ3v) is 5.16. The standard InChI is InChI=1S/C19H27N3OS/c1-14(16-7-9-17(23-4)10-8-16)11-12-21-19(20-3)22-15(2)18-6-5-13-24-18/h5-10,13-15H,11-12H2,1-4H3,(H2,20,21,22). The van der Waals surface area contributed by atoms with Gasteiger partial charge in [0, 0.05) is 18.5 Å². The Bertz CT molecular complexity index is 623. The zero-order valence-corrected chi connectivity index (χ0v) is 15.7. The minimum Gasteiger partial charge on any atom is -0.497 e. The largest absolute Gasteiger partial charge is 0.497 e. The number of aliphatic imine (C=N–C) groups is 1. The number of benzene rings is 1. The Morgan fingerprint density at radius 1 is 1.21 bits per heavy atom. The SMILES string of the molecule is CN=C(NCCC(C)c1ccc(OC)cc1)NC(C)c1cccs1. The molecule has 0 aliphatic rings. The highest BCUT2D eigenvalue weighted by atomic mass is 32.1. The van der Waals surface area contributed by atoms with Crippen LogP contribution in [0.25, 0.3) is 0 Å². The summed E-state index contributed by atoms with van der Waals surface area (Å²) in [6.07, 6.45) is 1.04. The van der Waals surface area contributed by atoms with Gasteiger partial charge < -0.3 is 15.4 Å². The first-order valence-corrected chi connectivity index (χ1v) is 9.16. The molecular formula is C19H27N3OS. The van der Waals surface area contributed by atoms with Crippen LogP contribution in [0.1, 0.15) is 42.7 Å². The molecule has 2 unspecified atom stereocenters. The van der Waals surface area contributed by atoms with Crippen LogP contribution in [0.15, 0.2) is 46.8 Å². The van der Waals surface area contributed by atoms with Crippen molar-refractivity contribution in [2.24, 2.45) is 4.99 Å². The molecule has 2 atom stereocenters. The Balaban J connectivity index is 1.78. The van der Waals surface area contributed by atoms with Gasteiger partial charge in [-0.25, -0.2) is 0 Å². The molecule has 0 spiro atoms. The van der Waals surface area contributed by atoms with Crippen LogP contribution in [0.4, 0.5) is 0 Å². The van der Waals surface area contributed by atoms with E-state index >= 15 is 0 Å². The van der Waals surface area contributed by atoms with Crippen molar-refractivity contribution in [1.29, 1.82) is 0 Å². The minimum atomic E-state index is 0.259. The minimum absolute atomic E-state index is 0.259. The van der Waals surface area contributed by atoms with Crippen molar-refractivity contribution in [3.05, 3.63) is 52.2 Å². The van der Waals surface area contributed by atoms with Crippen LogP contribution < -0.4 is 15.4 Å². The maximum absolute atomic E-state index is 5.21. The van der Waals surface area contributed by atoms with Crippen LogP contribution in [0, 0.1) is 0 Å². The van der Waals surface area contributed by atoms with Crippen molar-refractivity contribution in [1.82, 2.24) is 10.6 Å². The van der Waals surface area contributed by atoms with E-state index in [1.165, 1.54) is 10.4 Å². The quantitative estimate of drug-likeness (QED) is 0.584. The summed E-state index contributed by atoms with van der Waals surface area (Å²) in [4.78, 5) is 5.62. The Labute approximate surface area is 149 Å². The number of hydrogen-bond donors (Lipinski definition) is 2. The third kappa shape index (κ3) is 5.27. The molecule has 5 heteroatoms. The highest BCUT2D eigenvalue weighted by Crippen LogP contribution is 2.21. The summed E-state index contributed by atoms with van der Waals surface area (Å²) in [6.45, 7) is 5.27. The van der Waals surface area contributed by atoms with Crippen molar-refractivity contribution in [3.63, 3.8) is 0 Å². The molecule has 0 aliphatic heterocycles. The fourth-order valence-corrected chi connectivity index (χ4v) is 3.25. The van der Waals surface area contributed by atoms with Crippen molar-refractivity contribution < 1.29 is 4.74 Å². The second-order valence-electron chi connectivity index (χ2n) is 5.84. The predicted molar refractivity (Wildman–Crippen MR) is 103 cm³/mol. The maximum atomic E-state index is 5.21. The number of nitrogens with zero attached hydrogens (tertiary/aromatic N) is 1. The molecule has 24 heavy (non-hydrogen) atoms. The second kappa shape index (κ2) is 9.33. The highest BCUT2D eigenvalue weighted by molar-refractivity contribution is 7.10. The molecule has 0 aliphatic carbocycles.